The quantitative estimate of drug-likeness (QED) is 0.427. The molecule has 4 heteroatoms. The van der Waals surface area contributed by atoms with Crippen LogP contribution in [0.15, 0.2) is 78.9 Å². The lowest BCUT2D eigenvalue weighted by atomic mass is 9.82. The van der Waals surface area contributed by atoms with E-state index in [4.69, 9.17) is 4.74 Å². The molecule has 2 heterocycles. The van der Waals surface area contributed by atoms with Crippen molar-refractivity contribution in [3.63, 3.8) is 0 Å². The second-order valence-corrected chi connectivity index (χ2v) is 9.56. The normalized spacial score (nSPS) is 26.7. The number of carbonyl (C=O) groups excluding carboxylic acids is 1. The van der Waals surface area contributed by atoms with Crippen LogP contribution in [0.5, 0.6) is 5.75 Å². The van der Waals surface area contributed by atoms with Crippen molar-refractivity contribution in [2.24, 2.45) is 0 Å². The average molecular weight is 435 g/mol. The van der Waals surface area contributed by atoms with Crippen LogP contribution in [0.1, 0.15) is 42.9 Å². The fraction of sp³-hybridized carbons (Fsp3) is 0.276. The molecule has 0 spiro atoms. The Kier molecular flexibility index (Phi) is 4.25. The van der Waals surface area contributed by atoms with Gasteiger partial charge >= 0.3 is 0 Å². The molecule has 2 fully saturated rings. The van der Waals surface area contributed by atoms with E-state index in [0.29, 0.717) is 0 Å². The summed E-state index contributed by atoms with van der Waals surface area (Å²) in [5.41, 5.74) is 2.40. The molecule has 0 bridgehead atoms. The molecule has 0 aromatic heterocycles. The summed E-state index contributed by atoms with van der Waals surface area (Å²) in [5.74, 6) is 0.832. The van der Waals surface area contributed by atoms with Gasteiger partial charge < -0.3 is 10.1 Å². The van der Waals surface area contributed by atoms with Gasteiger partial charge in [0.05, 0.1) is 6.04 Å². The number of nitrogens with one attached hydrogen (secondary N) is 1. The number of hydrogen-bond acceptors (Lipinski definition) is 3. The van der Waals surface area contributed by atoms with Crippen LogP contribution in [0.4, 0.5) is 0 Å². The van der Waals surface area contributed by atoms with Crippen LogP contribution in [0, 0.1) is 0 Å². The second kappa shape index (κ2) is 7.32. The topological polar surface area (TPSA) is 41.6 Å². The molecule has 1 N–H and O–H groups in total. The Hall–Kier alpha value is -3.37. The van der Waals surface area contributed by atoms with E-state index in [1.807, 2.05) is 12.1 Å². The van der Waals surface area contributed by atoms with Crippen LogP contribution in [-0.4, -0.2) is 29.1 Å². The van der Waals surface area contributed by atoms with E-state index in [0.717, 1.165) is 34.9 Å². The van der Waals surface area contributed by atoms with Gasteiger partial charge in [-0.05, 0) is 34.6 Å². The maximum absolute atomic E-state index is 13.4. The zero-order valence-electron chi connectivity index (χ0n) is 18.4. The van der Waals surface area contributed by atoms with Crippen molar-refractivity contribution < 1.29 is 9.53 Å². The van der Waals surface area contributed by atoms with Crippen molar-refractivity contribution in [3.05, 3.63) is 90.0 Å². The smallest absolute Gasteiger partial charge is 0.277 e. The van der Waals surface area contributed by atoms with Crippen molar-refractivity contribution in [1.82, 2.24) is 10.2 Å². The van der Waals surface area contributed by atoms with Crippen LogP contribution in [0.25, 0.3) is 21.5 Å². The SMILES string of the molecule is O=C1N[C@H]2CCCC[C@@H]2N2[C@H](c3cccc4ccccc34)c3ccc4ccccc4c3O[C@H]12. The third-order valence-corrected chi connectivity index (χ3v) is 7.79. The molecule has 1 saturated carbocycles. The van der Waals surface area contributed by atoms with E-state index >= 15 is 0 Å². The summed E-state index contributed by atoms with van der Waals surface area (Å²) < 4.78 is 6.59. The van der Waals surface area contributed by atoms with Crippen LogP contribution in [0.3, 0.4) is 0 Å². The van der Waals surface area contributed by atoms with Gasteiger partial charge in [-0.15, -0.1) is 0 Å². The summed E-state index contributed by atoms with van der Waals surface area (Å²) in [5, 5.41) is 7.96. The average Bonchev–Trinajstić information content (AvgIpc) is 2.87. The third-order valence-electron chi connectivity index (χ3n) is 7.79. The maximum Gasteiger partial charge on any atom is 0.277 e. The van der Waals surface area contributed by atoms with E-state index in [2.05, 4.69) is 76.9 Å². The number of rotatable bonds is 1. The number of amides is 1. The van der Waals surface area contributed by atoms with Crippen LogP contribution >= 0.6 is 0 Å². The van der Waals surface area contributed by atoms with Gasteiger partial charge in [-0.25, -0.2) is 4.90 Å². The first kappa shape index (κ1) is 19.1. The van der Waals surface area contributed by atoms with Gasteiger partial charge in [0.15, 0.2) is 0 Å². The van der Waals surface area contributed by atoms with Gasteiger partial charge in [0, 0.05) is 23.0 Å². The number of ether oxygens (including phenoxy) is 1. The summed E-state index contributed by atoms with van der Waals surface area (Å²) >= 11 is 0. The highest BCUT2D eigenvalue weighted by Gasteiger charge is 2.51. The first-order valence-corrected chi connectivity index (χ1v) is 12.0. The third kappa shape index (κ3) is 2.83. The Labute approximate surface area is 193 Å². The van der Waals surface area contributed by atoms with Crippen molar-refractivity contribution in [1.29, 1.82) is 0 Å². The van der Waals surface area contributed by atoms with Gasteiger partial charge in [-0.2, -0.15) is 0 Å². The van der Waals surface area contributed by atoms with Gasteiger partial charge in [0.1, 0.15) is 5.75 Å². The lowest BCUT2D eigenvalue weighted by Gasteiger charge is -2.53. The molecular formula is C29H26N2O2. The zero-order valence-corrected chi connectivity index (χ0v) is 18.4. The molecule has 4 nitrogen and oxygen atoms in total. The predicted octanol–water partition coefficient (Wildman–Crippen LogP) is 5.54. The molecule has 4 atom stereocenters. The highest BCUT2D eigenvalue weighted by atomic mass is 16.5. The van der Waals surface area contributed by atoms with E-state index in [9.17, 15) is 4.79 Å². The lowest BCUT2D eigenvalue weighted by molar-refractivity contribution is -0.156. The van der Waals surface area contributed by atoms with Crippen LogP contribution in [-0.2, 0) is 4.79 Å². The Balaban J connectivity index is 1.52. The van der Waals surface area contributed by atoms with Crippen molar-refractivity contribution in [2.75, 3.05) is 0 Å². The molecule has 7 rings (SSSR count). The van der Waals surface area contributed by atoms with E-state index in [-0.39, 0.29) is 24.0 Å². The lowest BCUT2D eigenvalue weighted by Crippen LogP contribution is -2.69. The van der Waals surface area contributed by atoms with E-state index in [1.54, 1.807) is 0 Å². The molecule has 3 aliphatic rings. The summed E-state index contributed by atoms with van der Waals surface area (Å²) in [6.07, 6.45) is 3.85. The zero-order chi connectivity index (χ0) is 21.9. The number of piperazine rings is 1. The van der Waals surface area contributed by atoms with Crippen molar-refractivity contribution in [3.8, 4) is 5.75 Å². The minimum absolute atomic E-state index is 0.0121. The fourth-order valence-corrected chi connectivity index (χ4v) is 6.34. The molecule has 164 valence electrons. The molecule has 4 aromatic carbocycles. The summed E-state index contributed by atoms with van der Waals surface area (Å²) in [7, 11) is 0. The first-order valence-electron chi connectivity index (χ1n) is 12.0. The highest BCUT2D eigenvalue weighted by Crippen LogP contribution is 2.49. The minimum Gasteiger partial charge on any atom is -0.465 e. The van der Waals surface area contributed by atoms with Crippen molar-refractivity contribution in [2.45, 2.75) is 50.0 Å². The Morgan fingerprint density at radius 3 is 2.36 bits per heavy atom. The molecular weight excluding hydrogens is 408 g/mol. The number of carbonyl (C=O) groups is 1. The highest BCUT2D eigenvalue weighted by molar-refractivity contribution is 5.93. The number of hydrogen-bond donors (Lipinski definition) is 1. The molecule has 1 aliphatic carbocycles. The molecule has 0 unspecified atom stereocenters. The Bertz CT molecular complexity index is 1390. The van der Waals surface area contributed by atoms with Crippen molar-refractivity contribution >= 4 is 27.5 Å². The summed E-state index contributed by atoms with van der Waals surface area (Å²) in [4.78, 5) is 15.8. The molecule has 1 amide bonds. The number of fused-ring (bicyclic) bond motifs is 7. The van der Waals surface area contributed by atoms with Crippen LogP contribution in [0.2, 0.25) is 0 Å². The molecule has 33 heavy (non-hydrogen) atoms. The second-order valence-electron chi connectivity index (χ2n) is 9.56. The van der Waals surface area contributed by atoms with Gasteiger partial charge in [-0.3, -0.25) is 4.79 Å². The minimum atomic E-state index is -0.619. The predicted molar refractivity (Wildman–Crippen MR) is 130 cm³/mol. The van der Waals surface area contributed by atoms with E-state index in [1.165, 1.54) is 29.2 Å². The largest absolute Gasteiger partial charge is 0.465 e. The Morgan fingerprint density at radius 2 is 1.48 bits per heavy atom. The van der Waals surface area contributed by atoms with Gasteiger partial charge in [-0.1, -0.05) is 91.7 Å². The molecule has 2 aliphatic heterocycles. The summed E-state index contributed by atoms with van der Waals surface area (Å²) in [6, 6.07) is 28.3. The summed E-state index contributed by atoms with van der Waals surface area (Å²) in [6.45, 7) is 0. The van der Waals surface area contributed by atoms with Gasteiger partial charge in [0.2, 0.25) is 6.23 Å². The Morgan fingerprint density at radius 1 is 0.758 bits per heavy atom. The first-order chi connectivity index (χ1) is 16.3. The van der Waals surface area contributed by atoms with E-state index < -0.39 is 6.23 Å². The van der Waals surface area contributed by atoms with Crippen LogP contribution < -0.4 is 10.1 Å². The standard InChI is InChI=1S/C29H26N2O2/c32-28-29-31(25-15-6-5-14-24(25)30-28)26(22-13-7-10-18-8-1-3-11-20(18)22)23-17-16-19-9-2-4-12-21(19)27(23)33-29/h1-4,7-13,16-17,24-26,29H,5-6,14-15H2,(H,30,32)/t24-,25-,26+,29+/m0/s1. The number of benzene rings is 4. The fourth-order valence-electron chi connectivity index (χ4n) is 6.34. The monoisotopic (exact) mass is 434 g/mol. The molecule has 4 aromatic rings. The number of nitrogens with zero attached hydrogens (tertiary/aromatic N) is 1. The molecule has 1 saturated heterocycles. The molecule has 0 radical (unpaired) electrons. The van der Waals surface area contributed by atoms with Gasteiger partial charge in [0.25, 0.3) is 5.91 Å². The maximum atomic E-state index is 13.4.